The molecule has 1 aliphatic rings. The van der Waals surface area contributed by atoms with E-state index in [1.54, 1.807) is 0 Å². The minimum atomic E-state index is -0.170. The summed E-state index contributed by atoms with van der Waals surface area (Å²) in [6, 6.07) is 9.78. The summed E-state index contributed by atoms with van der Waals surface area (Å²) in [6.45, 7) is 6.17. The fourth-order valence-corrected chi connectivity index (χ4v) is 3.74. The van der Waals surface area contributed by atoms with E-state index in [1.165, 1.54) is 0 Å². The van der Waals surface area contributed by atoms with E-state index >= 15 is 0 Å². The molecule has 8 nitrogen and oxygen atoms in total. The standard InChI is InChI=1S/C21H24N6O2/c1-21(2,3)25-20-24-18(29)16-8-7-12(11-27(16)20)13-10-14(13)22-19-23-17(28)15-6-4-5-9-26(15)19/h4-9,11,13-14,28-29H,10H2,1-3H3,(H,22,23)(H,24,25). The van der Waals surface area contributed by atoms with Crippen molar-refractivity contribution in [2.75, 3.05) is 10.6 Å². The summed E-state index contributed by atoms with van der Waals surface area (Å²) in [7, 11) is 0. The van der Waals surface area contributed by atoms with Crippen molar-refractivity contribution in [2.24, 2.45) is 0 Å². The normalized spacial score (nSPS) is 19.0. The van der Waals surface area contributed by atoms with Crippen LogP contribution in [-0.2, 0) is 0 Å². The molecule has 0 spiro atoms. The maximum absolute atomic E-state index is 10.2. The average Bonchev–Trinajstić information content (AvgIpc) is 3.28. The summed E-state index contributed by atoms with van der Waals surface area (Å²) in [5.74, 6) is 1.64. The molecule has 4 heterocycles. The Morgan fingerprint density at radius 3 is 2.45 bits per heavy atom. The SMILES string of the molecule is CC(C)(C)Nc1nc(O)c2ccc(C3CC3Nc3nc(O)c4ccccn34)cn12. The van der Waals surface area contributed by atoms with Crippen molar-refractivity contribution >= 4 is 22.9 Å². The summed E-state index contributed by atoms with van der Waals surface area (Å²) in [6.07, 6.45) is 4.88. The van der Waals surface area contributed by atoms with Gasteiger partial charge < -0.3 is 20.8 Å². The molecule has 1 fully saturated rings. The average molecular weight is 392 g/mol. The maximum Gasteiger partial charge on any atom is 0.239 e. The molecule has 0 aliphatic heterocycles. The van der Waals surface area contributed by atoms with Gasteiger partial charge in [0.1, 0.15) is 11.0 Å². The van der Waals surface area contributed by atoms with Crippen molar-refractivity contribution in [3.63, 3.8) is 0 Å². The van der Waals surface area contributed by atoms with E-state index in [4.69, 9.17) is 0 Å². The summed E-state index contributed by atoms with van der Waals surface area (Å²) in [4.78, 5) is 8.53. The van der Waals surface area contributed by atoms with Gasteiger partial charge in [-0.2, -0.15) is 9.97 Å². The molecular formula is C21H24N6O2. The first-order valence-corrected chi connectivity index (χ1v) is 9.72. The molecule has 4 aromatic rings. The zero-order valence-corrected chi connectivity index (χ0v) is 16.6. The summed E-state index contributed by atoms with van der Waals surface area (Å²) in [5.41, 5.74) is 2.35. The van der Waals surface area contributed by atoms with Crippen LogP contribution in [0.2, 0.25) is 0 Å². The molecule has 1 saturated carbocycles. The van der Waals surface area contributed by atoms with Crippen molar-refractivity contribution in [3.05, 3.63) is 48.3 Å². The molecule has 0 bridgehead atoms. The Balaban J connectivity index is 1.41. The van der Waals surface area contributed by atoms with Crippen LogP contribution in [0, 0.1) is 0 Å². The predicted molar refractivity (Wildman–Crippen MR) is 112 cm³/mol. The van der Waals surface area contributed by atoms with Crippen LogP contribution in [0.15, 0.2) is 42.7 Å². The number of fused-ring (bicyclic) bond motifs is 2. The second kappa shape index (κ2) is 6.04. The van der Waals surface area contributed by atoms with Crippen molar-refractivity contribution < 1.29 is 10.2 Å². The second-order valence-electron chi connectivity index (χ2n) is 8.66. The maximum atomic E-state index is 10.2. The van der Waals surface area contributed by atoms with Gasteiger partial charge in [0.25, 0.3) is 0 Å². The number of nitrogens with one attached hydrogen (secondary N) is 2. The largest absolute Gasteiger partial charge is 0.492 e. The van der Waals surface area contributed by atoms with Crippen LogP contribution in [-0.4, -0.2) is 40.6 Å². The quantitative estimate of drug-likeness (QED) is 0.424. The molecule has 0 saturated heterocycles. The van der Waals surface area contributed by atoms with E-state index < -0.39 is 0 Å². The topological polar surface area (TPSA) is 99.1 Å². The number of aromatic nitrogens is 4. The van der Waals surface area contributed by atoms with E-state index in [0.29, 0.717) is 28.8 Å². The molecule has 0 amide bonds. The number of hydrogen-bond acceptors (Lipinski definition) is 6. The first-order valence-electron chi connectivity index (χ1n) is 9.72. The van der Waals surface area contributed by atoms with Crippen molar-refractivity contribution in [3.8, 4) is 11.8 Å². The molecule has 0 radical (unpaired) electrons. The summed E-state index contributed by atoms with van der Waals surface area (Å²) >= 11 is 0. The zero-order valence-electron chi connectivity index (χ0n) is 16.6. The Kier molecular flexibility index (Phi) is 3.68. The third-order valence-corrected chi connectivity index (χ3v) is 5.19. The Labute approximate surface area is 167 Å². The third-order valence-electron chi connectivity index (χ3n) is 5.19. The van der Waals surface area contributed by atoms with E-state index in [9.17, 15) is 10.2 Å². The van der Waals surface area contributed by atoms with Crippen LogP contribution in [0.4, 0.5) is 11.9 Å². The highest BCUT2D eigenvalue weighted by Gasteiger charge is 2.39. The van der Waals surface area contributed by atoms with Gasteiger partial charge in [-0.25, -0.2) is 0 Å². The van der Waals surface area contributed by atoms with Crippen LogP contribution in [0.5, 0.6) is 11.8 Å². The Hall–Kier alpha value is -3.42. The Bertz CT molecular complexity index is 1220. The summed E-state index contributed by atoms with van der Waals surface area (Å²) in [5, 5.41) is 27.0. The van der Waals surface area contributed by atoms with Crippen molar-refractivity contribution in [2.45, 2.75) is 44.7 Å². The van der Waals surface area contributed by atoms with Crippen LogP contribution in [0.1, 0.15) is 38.7 Å². The number of imidazole rings is 2. The number of aromatic hydroxyl groups is 2. The minimum absolute atomic E-state index is 0.0214. The smallest absolute Gasteiger partial charge is 0.239 e. The summed E-state index contributed by atoms with van der Waals surface area (Å²) < 4.78 is 3.76. The molecule has 0 aromatic carbocycles. The highest BCUT2D eigenvalue weighted by Crippen LogP contribution is 2.43. The molecule has 4 N–H and O–H groups in total. The van der Waals surface area contributed by atoms with Gasteiger partial charge in [0.2, 0.25) is 23.7 Å². The third kappa shape index (κ3) is 3.10. The van der Waals surface area contributed by atoms with Gasteiger partial charge in [-0.15, -0.1) is 0 Å². The first kappa shape index (κ1) is 17.7. The molecule has 4 aromatic heterocycles. The molecule has 1 aliphatic carbocycles. The molecule has 2 unspecified atom stereocenters. The second-order valence-corrected chi connectivity index (χ2v) is 8.66. The highest BCUT2D eigenvalue weighted by molar-refractivity contribution is 5.64. The fourth-order valence-electron chi connectivity index (χ4n) is 3.74. The van der Waals surface area contributed by atoms with Crippen molar-refractivity contribution in [1.82, 2.24) is 18.8 Å². The molecule has 2 atom stereocenters. The predicted octanol–water partition coefficient (Wildman–Crippen LogP) is 3.57. The first-order chi connectivity index (χ1) is 13.8. The van der Waals surface area contributed by atoms with Crippen LogP contribution in [0.3, 0.4) is 0 Å². The number of hydrogen-bond donors (Lipinski definition) is 4. The van der Waals surface area contributed by atoms with Crippen LogP contribution in [0.25, 0.3) is 11.0 Å². The van der Waals surface area contributed by atoms with Gasteiger partial charge in [-0.05, 0) is 51.0 Å². The minimum Gasteiger partial charge on any atom is -0.492 e. The Morgan fingerprint density at radius 1 is 0.966 bits per heavy atom. The van der Waals surface area contributed by atoms with E-state index in [-0.39, 0.29) is 23.3 Å². The van der Waals surface area contributed by atoms with Gasteiger partial charge >= 0.3 is 0 Å². The lowest BCUT2D eigenvalue weighted by molar-refractivity contribution is 0.462. The van der Waals surface area contributed by atoms with Gasteiger partial charge in [-0.1, -0.05) is 12.1 Å². The number of nitrogens with zero attached hydrogens (tertiary/aromatic N) is 4. The van der Waals surface area contributed by atoms with E-state index in [0.717, 1.165) is 12.0 Å². The molecule has 8 heteroatoms. The van der Waals surface area contributed by atoms with Crippen LogP contribution < -0.4 is 10.6 Å². The van der Waals surface area contributed by atoms with Gasteiger partial charge in [0.05, 0.1) is 0 Å². The number of pyridine rings is 2. The van der Waals surface area contributed by atoms with E-state index in [2.05, 4.69) is 41.4 Å². The fraction of sp³-hybridized carbons (Fsp3) is 0.333. The lowest BCUT2D eigenvalue weighted by Crippen LogP contribution is -2.27. The van der Waals surface area contributed by atoms with Crippen LogP contribution >= 0.6 is 0 Å². The monoisotopic (exact) mass is 392 g/mol. The number of anilines is 2. The van der Waals surface area contributed by atoms with Gasteiger partial charge in [0.15, 0.2) is 0 Å². The molecule has 5 rings (SSSR count). The zero-order chi connectivity index (χ0) is 20.3. The molecule has 29 heavy (non-hydrogen) atoms. The van der Waals surface area contributed by atoms with Gasteiger partial charge in [-0.3, -0.25) is 8.80 Å². The van der Waals surface area contributed by atoms with Gasteiger partial charge in [0, 0.05) is 29.9 Å². The highest BCUT2D eigenvalue weighted by atomic mass is 16.3. The van der Waals surface area contributed by atoms with E-state index in [1.807, 2.05) is 51.5 Å². The Morgan fingerprint density at radius 2 is 1.69 bits per heavy atom. The lowest BCUT2D eigenvalue weighted by atomic mass is 10.1. The number of rotatable bonds is 4. The molecular weight excluding hydrogens is 368 g/mol. The molecule has 150 valence electrons. The lowest BCUT2D eigenvalue weighted by Gasteiger charge is -2.20. The van der Waals surface area contributed by atoms with Crippen molar-refractivity contribution in [1.29, 1.82) is 0 Å².